The topological polar surface area (TPSA) is 46.5 Å². The van der Waals surface area contributed by atoms with Crippen LogP contribution in [-0.2, 0) is 4.74 Å². The summed E-state index contributed by atoms with van der Waals surface area (Å²) in [6, 6.07) is 7.44. The summed E-state index contributed by atoms with van der Waals surface area (Å²) in [7, 11) is 0. The maximum Gasteiger partial charge on any atom is 0.176 e. The molecule has 2 rings (SSSR count). The Balaban J connectivity index is 2.32. The molecule has 0 saturated carbocycles. The number of aliphatic hydroxyl groups excluding tert-OH is 1. The van der Waals surface area contributed by atoms with Crippen LogP contribution in [0.2, 0.25) is 0 Å². The van der Waals surface area contributed by atoms with Crippen LogP contribution in [0.1, 0.15) is 15.9 Å². The summed E-state index contributed by atoms with van der Waals surface area (Å²) in [5.74, 6) is -0.00523. The molecule has 0 unspecified atom stereocenters. The average molecular weight is 206 g/mol. The highest BCUT2D eigenvalue weighted by Gasteiger charge is 2.45. The molecule has 0 aliphatic carbocycles. The molecule has 1 aliphatic heterocycles. The number of aliphatic hydroxyl groups is 1. The van der Waals surface area contributed by atoms with Crippen LogP contribution < -0.4 is 0 Å². The van der Waals surface area contributed by atoms with E-state index in [0.717, 1.165) is 5.56 Å². The minimum Gasteiger partial charge on any atom is -0.395 e. The zero-order valence-corrected chi connectivity index (χ0v) is 8.69. The van der Waals surface area contributed by atoms with E-state index in [2.05, 4.69) is 0 Å². The van der Waals surface area contributed by atoms with Crippen molar-refractivity contribution >= 4 is 5.78 Å². The van der Waals surface area contributed by atoms with Crippen molar-refractivity contribution in [2.45, 2.75) is 6.92 Å². The van der Waals surface area contributed by atoms with Crippen LogP contribution >= 0.6 is 0 Å². The number of aryl methyl sites for hydroxylation is 1. The van der Waals surface area contributed by atoms with Gasteiger partial charge in [0.15, 0.2) is 5.78 Å². The van der Waals surface area contributed by atoms with Crippen molar-refractivity contribution < 1.29 is 14.6 Å². The van der Waals surface area contributed by atoms with Gasteiger partial charge in [0.1, 0.15) is 5.41 Å². The van der Waals surface area contributed by atoms with E-state index in [-0.39, 0.29) is 12.4 Å². The van der Waals surface area contributed by atoms with Gasteiger partial charge in [-0.1, -0.05) is 24.3 Å². The van der Waals surface area contributed by atoms with Crippen molar-refractivity contribution in [3.8, 4) is 0 Å². The molecular weight excluding hydrogens is 192 g/mol. The van der Waals surface area contributed by atoms with Crippen LogP contribution in [0.3, 0.4) is 0 Å². The van der Waals surface area contributed by atoms with Crippen LogP contribution in [0.5, 0.6) is 0 Å². The summed E-state index contributed by atoms with van der Waals surface area (Å²) in [6.07, 6.45) is 0. The maximum atomic E-state index is 12.2. The molecule has 1 aliphatic rings. The Morgan fingerprint density at radius 3 is 2.60 bits per heavy atom. The number of rotatable bonds is 3. The quantitative estimate of drug-likeness (QED) is 0.755. The van der Waals surface area contributed by atoms with E-state index in [1.165, 1.54) is 0 Å². The van der Waals surface area contributed by atoms with Crippen molar-refractivity contribution in [1.82, 2.24) is 0 Å². The first-order valence-corrected chi connectivity index (χ1v) is 4.99. The van der Waals surface area contributed by atoms with Crippen LogP contribution in [0.4, 0.5) is 0 Å². The lowest BCUT2D eigenvalue weighted by Crippen LogP contribution is -2.51. The van der Waals surface area contributed by atoms with Crippen molar-refractivity contribution in [3.05, 3.63) is 35.4 Å². The molecule has 3 nitrogen and oxygen atoms in total. The van der Waals surface area contributed by atoms with E-state index in [4.69, 9.17) is 4.74 Å². The van der Waals surface area contributed by atoms with Gasteiger partial charge in [-0.15, -0.1) is 0 Å². The molecule has 0 aromatic heterocycles. The third kappa shape index (κ3) is 1.58. The number of benzene rings is 1. The second-order valence-corrected chi connectivity index (χ2v) is 4.08. The van der Waals surface area contributed by atoms with E-state index in [1.807, 2.05) is 25.1 Å². The average Bonchev–Trinajstić information content (AvgIpc) is 2.17. The number of hydrogen-bond donors (Lipinski definition) is 1. The highest BCUT2D eigenvalue weighted by atomic mass is 16.5. The second-order valence-electron chi connectivity index (χ2n) is 4.08. The Labute approximate surface area is 88.7 Å². The highest BCUT2D eigenvalue weighted by Crippen LogP contribution is 2.31. The standard InChI is InChI=1S/C12H14O3/c1-9-4-2-3-5-10(9)11(14)12(6-13)7-15-8-12/h2-5,13H,6-8H2,1H3. The van der Waals surface area contributed by atoms with E-state index in [1.54, 1.807) is 6.07 Å². The summed E-state index contributed by atoms with van der Waals surface area (Å²) >= 11 is 0. The zero-order chi connectivity index (χ0) is 10.9. The molecule has 1 aromatic carbocycles. The molecule has 15 heavy (non-hydrogen) atoms. The van der Waals surface area contributed by atoms with Crippen LogP contribution in [0.25, 0.3) is 0 Å². The molecule has 0 amide bonds. The monoisotopic (exact) mass is 206 g/mol. The van der Waals surface area contributed by atoms with Crippen molar-refractivity contribution in [3.63, 3.8) is 0 Å². The summed E-state index contributed by atoms with van der Waals surface area (Å²) < 4.78 is 5.03. The lowest BCUT2D eigenvalue weighted by Gasteiger charge is -2.38. The highest BCUT2D eigenvalue weighted by molar-refractivity contribution is 6.02. The second kappa shape index (κ2) is 3.76. The predicted octanol–water partition coefficient (Wildman–Crippen LogP) is 1.19. The van der Waals surface area contributed by atoms with E-state index < -0.39 is 5.41 Å². The largest absolute Gasteiger partial charge is 0.395 e. The number of carbonyl (C=O) groups excluding carboxylic acids is 1. The molecule has 1 aromatic rings. The van der Waals surface area contributed by atoms with Gasteiger partial charge in [-0.25, -0.2) is 0 Å². The molecular formula is C12H14O3. The molecule has 0 atom stereocenters. The Morgan fingerprint density at radius 1 is 1.47 bits per heavy atom. The van der Waals surface area contributed by atoms with Gasteiger partial charge in [-0.05, 0) is 12.5 Å². The molecule has 1 heterocycles. The van der Waals surface area contributed by atoms with Gasteiger partial charge >= 0.3 is 0 Å². The van der Waals surface area contributed by atoms with Crippen LogP contribution in [0.15, 0.2) is 24.3 Å². The van der Waals surface area contributed by atoms with E-state index in [9.17, 15) is 9.90 Å². The summed E-state index contributed by atoms with van der Waals surface area (Å²) in [6.45, 7) is 2.42. The predicted molar refractivity (Wildman–Crippen MR) is 55.8 cm³/mol. The lowest BCUT2D eigenvalue weighted by atomic mass is 9.78. The van der Waals surface area contributed by atoms with Gasteiger partial charge in [0.05, 0.1) is 19.8 Å². The Bertz CT molecular complexity index is 375. The zero-order valence-electron chi connectivity index (χ0n) is 8.69. The molecule has 0 radical (unpaired) electrons. The normalized spacial score (nSPS) is 18.3. The van der Waals surface area contributed by atoms with Gasteiger partial charge in [0.2, 0.25) is 0 Å². The molecule has 0 bridgehead atoms. The molecule has 1 fully saturated rings. The molecule has 1 saturated heterocycles. The first-order chi connectivity index (χ1) is 7.19. The molecule has 0 spiro atoms. The summed E-state index contributed by atoms with van der Waals surface area (Å²) in [5, 5.41) is 9.26. The number of Topliss-reactive ketones (excluding diaryl/α,β-unsaturated/α-hetero) is 1. The molecule has 1 N–H and O–H groups in total. The summed E-state index contributed by atoms with van der Waals surface area (Å²) in [4.78, 5) is 12.2. The number of hydrogen-bond acceptors (Lipinski definition) is 3. The van der Waals surface area contributed by atoms with Gasteiger partial charge < -0.3 is 9.84 Å². The third-order valence-corrected chi connectivity index (χ3v) is 2.93. The SMILES string of the molecule is Cc1ccccc1C(=O)C1(CO)COC1. The third-order valence-electron chi connectivity index (χ3n) is 2.93. The van der Waals surface area contributed by atoms with Crippen molar-refractivity contribution in [1.29, 1.82) is 0 Å². The number of ether oxygens (including phenoxy) is 1. The fourth-order valence-corrected chi connectivity index (χ4v) is 1.76. The molecule has 3 heteroatoms. The minimum absolute atomic E-state index is 0.00523. The minimum atomic E-state index is -0.688. The lowest BCUT2D eigenvalue weighted by molar-refractivity contribution is -0.109. The van der Waals surface area contributed by atoms with Gasteiger partial charge in [-0.2, -0.15) is 0 Å². The molecule has 80 valence electrons. The maximum absolute atomic E-state index is 12.2. The Kier molecular flexibility index (Phi) is 2.59. The summed E-state index contributed by atoms with van der Waals surface area (Å²) in [5.41, 5.74) is 0.948. The first-order valence-electron chi connectivity index (χ1n) is 4.99. The van der Waals surface area contributed by atoms with Crippen LogP contribution in [-0.4, -0.2) is 30.7 Å². The van der Waals surface area contributed by atoms with E-state index >= 15 is 0 Å². The van der Waals surface area contributed by atoms with Gasteiger partial charge in [0, 0.05) is 5.56 Å². The van der Waals surface area contributed by atoms with Gasteiger partial charge in [0.25, 0.3) is 0 Å². The number of ketones is 1. The smallest absolute Gasteiger partial charge is 0.176 e. The van der Waals surface area contributed by atoms with Crippen LogP contribution in [0, 0.1) is 12.3 Å². The first kappa shape index (κ1) is 10.3. The fraction of sp³-hybridized carbons (Fsp3) is 0.417. The Hall–Kier alpha value is -1.19. The van der Waals surface area contributed by atoms with Gasteiger partial charge in [-0.3, -0.25) is 4.79 Å². The van der Waals surface area contributed by atoms with Crippen molar-refractivity contribution in [2.24, 2.45) is 5.41 Å². The number of carbonyl (C=O) groups is 1. The van der Waals surface area contributed by atoms with Crippen molar-refractivity contribution in [2.75, 3.05) is 19.8 Å². The fourth-order valence-electron chi connectivity index (χ4n) is 1.76. The van der Waals surface area contributed by atoms with E-state index in [0.29, 0.717) is 18.8 Å². The Morgan fingerprint density at radius 2 is 2.13 bits per heavy atom.